The van der Waals surface area contributed by atoms with Crippen molar-refractivity contribution in [3.8, 4) is 0 Å². The molecular formula is C45H72NO10P. The molecule has 11 nitrogen and oxygen atoms in total. The number of hydrogen-bond donors (Lipinski definition) is 4. The minimum absolute atomic E-state index is 0.000563. The Balaban J connectivity index is 4.58. The number of aliphatic hydroxyl groups is 2. The number of hydrogen-bond acceptors (Lipinski definition) is 10. The van der Waals surface area contributed by atoms with Gasteiger partial charge in [0.05, 0.1) is 25.4 Å². The Morgan fingerprint density at radius 1 is 0.649 bits per heavy atom. The first-order valence-corrected chi connectivity index (χ1v) is 22.1. The van der Waals surface area contributed by atoms with Gasteiger partial charge in [-0.15, -0.1) is 0 Å². The van der Waals surface area contributed by atoms with Crippen molar-refractivity contribution in [2.45, 2.75) is 135 Å². The summed E-state index contributed by atoms with van der Waals surface area (Å²) in [5.74, 6) is -1.15. The van der Waals surface area contributed by atoms with Crippen LogP contribution in [0.2, 0.25) is 0 Å². The van der Waals surface area contributed by atoms with Crippen LogP contribution >= 0.6 is 7.82 Å². The van der Waals surface area contributed by atoms with E-state index in [4.69, 9.17) is 24.3 Å². The third-order valence-electron chi connectivity index (χ3n) is 7.83. The normalized spacial score (nSPS) is 15.5. The minimum atomic E-state index is -4.47. The number of phosphoric ester groups is 1. The number of aliphatic hydroxyl groups excluding tert-OH is 2. The number of carbonyl (C=O) groups is 2. The summed E-state index contributed by atoms with van der Waals surface area (Å²) in [5, 5.41) is 20.3. The summed E-state index contributed by atoms with van der Waals surface area (Å²) in [6, 6.07) is 0. The molecule has 4 atom stereocenters. The Morgan fingerprint density at radius 2 is 1.21 bits per heavy atom. The van der Waals surface area contributed by atoms with E-state index in [1.165, 1.54) is 12.8 Å². The molecule has 0 saturated heterocycles. The summed E-state index contributed by atoms with van der Waals surface area (Å²) in [4.78, 5) is 34.8. The highest BCUT2D eigenvalue weighted by molar-refractivity contribution is 7.47. The third kappa shape index (κ3) is 39.2. The van der Waals surface area contributed by atoms with Crippen LogP contribution in [0.25, 0.3) is 0 Å². The summed E-state index contributed by atoms with van der Waals surface area (Å²) in [6.45, 7) is 3.16. The summed E-state index contributed by atoms with van der Waals surface area (Å²) in [5.41, 5.74) is 5.32. The monoisotopic (exact) mass is 817 g/mol. The van der Waals surface area contributed by atoms with Crippen molar-refractivity contribution in [1.29, 1.82) is 0 Å². The fourth-order valence-electron chi connectivity index (χ4n) is 4.74. The van der Waals surface area contributed by atoms with Gasteiger partial charge in [-0.3, -0.25) is 18.6 Å². The van der Waals surface area contributed by atoms with Gasteiger partial charge in [-0.2, -0.15) is 0 Å². The van der Waals surface area contributed by atoms with E-state index in [1.54, 1.807) is 36.5 Å². The highest BCUT2D eigenvalue weighted by atomic mass is 31.2. The van der Waals surface area contributed by atoms with E-state index in [0.29, 0.717) is 25.7 Å². The predicted octanol–water partition coefficient (Wildman–Crippen LogP) is 9.54. The van der Waals surface area contributed by atoms with Crippen LogP contribution in [0.15, 0.2) is 109 Å². The van der Waals surface area contributed by atoms with Crippen molar-refractivity contribution in [1.82, 2.24) is 0 Å². The largest absolute Gasteiger partial charge is 0.472 e. The number of nitrogens with two attached hydrogens (primary N) is 1. The second-order valence-electron chi connectivity index (χ2n) is 13.2. The molecule has 0 saturated carbocycles. The number of allylic oxidation sites excluding steroid dienone is 15. The van der Waals surface area contributed by atoms with Gasteiger partial charge in [0, 0.05) is 19.4 Å². The number of ether oxygens (including phenoxy) is 2. The maximum atomic E-state index is 12.6. The topological polar surface area (TPSA) is 175 Å². The molecule has 0 heterocycles. The van der Waals surface area contributed by atoms with Crippen LogP contribution < -0.4 is 5.73 Å². The van der Waals surface area contributed by atoms with Crippen molar-refractivity contribution in [2.75, 3.05) is 26.4 Å². The molecule has 0 bridgehead atoms. The van der Waals surface area contributed by atoms with E-state index in [-0.39, 0.29) is 39.0 Å². The van der Waals surface area contributed by atoms with Gasteiger partial charge < -0.3 is 30.3 Å². The lowest BCUT2D eigenvalue weighted by Gasteiger charge is -2.20. The van der Waals surface area contributed by atoms with Crippen LogP contribution in [0.1, 0.15) is 117 Å². The van der Waals surface area contributed by atoms with E-state index in [1.807, 2.05) is 18.2 Å². The zero-order valence-electron chi connectivity index (χ0n) is 34.5. The number of carbonyl (C=O) groups excluding carboxylic acids is 2. The molecular weight excluding hydrogens is 745 g/mol. The van der Waals surface area contributed by atoms with Crippen molar-refractivity contribution in [3.63, 3.8) is 0 Å². The van der Waals surface area contributed by atoms with Gasteiger partial charge in [-0.1, -0.05) is 136 Å². The van der Waals surface area contributed by atoms with Crippen molar-refractivity contribution in [3.05, 3.63) is 109 Å². The molecule has 0 aliphatic heterocycles. The second-order valence-corrected chi connectivity index (χ2v) is 14.6. The zero-order chi connectivity index (χ0) is 42.1. The molecule has 322 valence electrons. The first kappa shape index (κ1) is 53.6. The van der Waals surface area contributed by atoms with E-state index in [9.17, 15) is 29.3 Å². The van der Waals surface area contributed by atoms with Gasteiger partial charge in [0.25, 0.3) is 0 Å². The van der Waals surface area contributed by atoms with E-state index in [0.717, 1.165) is 44.9 Å². The molecule has 5 N–H and O–H groups in total. The van der Waals surface area contributed by atoms with Crippen LogP contribution in [0.4, 0.5) is 0 Å². The quantitative estimate of drug-likeness (QED) is 0.0156. The average Bonchev–Trinajstić information content (AvgIpc) is 3.19. The fraction of sp³-hybridized carbons (Fsp3) is 0.556. The fourth-order valence-corrected chi connectivity index (χ4v) is 5.51. The lowest BCUT2D eigenvalue weighted by Crippen LogP contribution is -2.29. The van der Waals surface area contributed by atoms with E-state index in [2.05, 4.69) is 68.5 Å². The van der Waals surface area contributed by atoms with Crippen LogP contribution in [-0.2, 0) is 32.7 Å². The van der Waals surface area contributed by atoms with Gasteiger partial charge in [-0.25, -0.2) is 4.57 Å². The van der Waals surface area contributed by atoms with Crippen LogP contribution in [0.5, 0.6) is 0 Å². The molecule has 57 heavy (non-hydrogen) atoms. The lowest BCUT2D eigenvalue weighted by atomic mass is 10.1. The second kappa shape index (κ2) is 39.4. The van der Waals surface area contributed by atoms with E-state index >= 15 is 0 Å². The van der Waals surface area contributed by atoms with Crippen molar-refractivity contribution < 1.29 is 47.8 Å². The predicted molar refractivity (Wildman–Crippen MR) is 231 cm³/mol. The molecule has 0 fully saturated rings. The SMILES string of the molecule is CC/C=C\C/C=C\C/C=C\C/C=C\C/C=C\CCCC(=O)OC[C@H](COP(=O)(O)OCCN)OC(=O)CCC[C@@H](O)\C=C/C=C/C=C/[C@@H](O)C/C=C\CCCCC. The summed E-state index contributed by atoms with van der Waals surface area (Å²) in [6.07, 6.45) is 44.7. The first-order valence-electron chi connectivity index (χ1n) is 20.6. The molecule has 12 heteroatoms. The maximum Gasteiger partial charge on any atom is 0.472 e. The number of rotatable bonds is 36. The Hall–Kier alpha value is -3.41. The molecule has 0 aromatic heterocycles. The molecule has 0 rings (SSSR count). The Morgan fingerprint density at radius 3 is 1.82 bits per heavy atom. The number of esters is 2. The molecule has 0 aromatic rings. The number of phosphoric acid groups is 1. The van der Waals surface area contributed by atoms with Gasteiger partial charge >= 0.3 is 19.8 Å². The highest BCUT2D eigenvalue weighted by Gasteiger charge is 2.26. The molecule has 0 spiro atoms. The average molecular weight is 818 g/mol. The molecule has 0 aliphatic rings. The van der Waals surface area contributed by atoms with Crippen LogP contribution in [0, 0.1) is 0 Å². The lowest BCUT2D eigenvalue weighted by molar-refractivity contribution is -0.161. The van der Waals surface area contributed by atoms with Gasteiger partial charge in [0.1, 0.15) is 6.61 Å². The molecule has 0 aromatic carbocycles. The summed E-state index contributed by atoms with van der Waals surface area (Å²) < 4.78 is 32.5. The summed E-state index contributed by atoms with van der Waals surface area (Å²) >= 11 is 0. The zero-order valence-corrected chi connectivity index (χ0v) is 35.4. The van der Waals surface area contributed by atoms with Crippen molar-refractivity contribution >= 4 is 19.8 Å². The molecule has 0 aliphatic carbocycles. The molecule has 0 amide bonds. The van der Waals surface area contributed by atoms with Crippen LogP contribution in [0.3, 0.4) is 0 Å². The standard InChI is InChI=1S/C45H72NO10P/c1-3-5-7-9-11-12-13-14-15-16-17-18-19-20-21-23-29-35-44(49)53-39-43(40-55-57(51,52)54-38-37-46)56-45(50)36-30-34-42(48)33-28-25-24-27-32-41(47)31-26-22-10-8-6-4-2/h5,7,11-12,14-15,17-18,20-22,24-28,32-33,41-43,47-48H,3-4,6,8-10,13,16,19,23,29-31,34-40,46H2,1-2H3,(H,51,52)/b7-5-,12-11-,15-14-,18-17-,21-20-,25-24+,26-22-,32-27+,33-28-/t41-,42-,43+/m0/s1. The van der Waals surface area contributed by atoms with Crippen LogP contribution in [-0.4, -0.2) is 71.7 Å². The first-order chi connectivity index (χ1) is 27.6. The van der Waals surface area contributed by atoms with Gasteiger partial charge in [-0.05, 0) is 77.0 Å². The van der Waals surface area contributed by atoms with E-state index < -0.39 is 44.7 Å². The minimum Gasteiger partial charge on any atom is -0.462 e. The van der Waals surface area contributed by atoms with Gasteiger partial charge in [0.2, 0.25) is 0 Å². The Bertz CT molecular complexity index is 1330. The molecule has 0 radical (unpaired) electrons. The highest BCUT2D eigenvalue weighted by Crippen LogP contribution is 2.43. The van der Waals surface area contributed by atoms with Crippen molar-refractivity contribution in [2.24, 2.45) is 5.73 Å². The Kier molecular flexibility index (Phi) is 37.1. The van der Waals surface area contributed by atoms with Gasteiger partial charge in [0.15, 0.2) is 6.10 Å². The number of unbranched alkanes of at least 4 members (excludes halogenated alkanes) is 4. The third-order valence-corrected chi connectivity index (χ3v) is 8.82. The smallest absolute Gasteiger partial charge is 0.462 e. The summed E-state index contributed by atoms with van der Waals surface area (Å²) in [7, 11) is -4.47. The maximum absolute atomic E-state index is 12.6. The Labute approximate surface area is 343 Å². The molecule has 1 unspecified atom stereocenters.